The lowest BCUT2D eigenvalue weighted by molar-refractivity contribution is 0.0698. The molecule has 94 valence electrons. The third kappa shape index (κ3) is 1.95. The first-order valence-corrected chi connectivity index (χ1v) is 5.57. The van der Waals surface area contributed by atoms with Crippen molar-refractivity contribution in [1.82, 2.24) is 9.78 Å². The van der Waals surface area contributed by atoms with Crippen molar-refractivity contribution in [2.75, 3.05) is 5.73 Å². The zero-order chi connectivity index (χ0) is 13.4. The Hall–Kier alpha value is -2.30. The lowest BCUT2D eigenvalue weighted by Gasteiger charge is -2.10. The molecule has 0 spiro atoms. The second kappa shape index (κ2) is 4.18. The molecule has 5 nitrogen and oxygen atoms in total. The fourth-order valence-corrected chi connectivity index (χ4v) is 1.97. The highest BCUT2D eigenvalue weighted by Crippen LogP contribution is 2.23. The molecule has 0 aliphatic carbocycles. The van der Waals surface area contributed by atoms with E-state index in [1.54, 1.807) is 17.7 Å². The van der Waals surface area contributed by atoms with Crippen LogP contribution in [0.15, 0.2) is 18.2 Å². The lowest BCUT2D eigenvalue weighted by atomic mass is 10.1. The van der Waals surface area contributed by atoms with Crippen molar-refractivity contribution in [1.29, 1.82) is 0 Å². The summed E-state index contributed by atoms with van der Waals surface area (Å²) >= 11 is 0. The van der Waals surface area contributed by atoms with Crippen LogP contribution >= 0.6 is 0 Å². The molecule has 2 rings (SSSR count). The van der Waals surface area contributed by atoms with E-state index in [1.807, 2.05) is 26.0 Å². The molecule has 3 N–H and O–H groups in total. The molecular weight excluding hydrogens is 230 g/mol. The van der Waals surface area contributed by atoms with Crippen LogP contribution in [0.4, 0.5) is 5.69 Å². The molecule has 0 radical (unpaired) electrons. The molecule has 18 heavy (non-hydrogen) atoms. The smallest absolute Gasteiger partial charge is 0.337 e. The van der Waals surface area contributed by atoms with Gasteiger partial charge in [-0.3, -0.25) is 0 Å². The van der Waals surface area contributed by atoms with E-state index in [0.29, 0.717) is 11.4 Å². The zero-order valence-corrected chi connectivity index (χ0v) is 10.6. The van der Waals surface area contributed by atoms with E-state index in [1.165, 1.54) is 0 Å². The number of hydrogen-bond donors (Lipinski definition) is 2. The van der Waals surface area contributed by atoms with Gasteiger partial charge in [0.15, 0.2) is 0 Å². The highest BCUT2D eigenvalue weighted by molar-refractivity contribution is 5.95. The number of carbonyl (C=O) groups is 1. The van der Waals surface area contributed by atoms with Gasteiger partial charge in [0, 0.05) is 11.4 Å². The third-order valence-corrected chi connectivity index (χ3v) is 2.86. The highest BCUT2D eigenvalue weighted by Gasteiger charge is 2.14. The average Bonchev–Trinajstić information content (AvgIpc) is 2.61. The minimum Gasteiger partial charge on any atom is -0.478 e. The maximum atomic E-state index is 11.1. The molecule has 0 atom stereocenters. The summed E-state index contributed by atoms with van der Waals surface area (Å²) < 4.78 is 1.72. The van der Waals surface area contributed by atoms with Crippen molar-refractivity contribution in [3.63, 3.8) is 0 Å². The fourth-order valence-electron chi connectivity index (χ4n) is 1.97. The van der Waals surface area contributed by atoms with Gasteiger partial charge in [-0.25, -0.2) is 9.48 Å². The minimum atomic E-state index is -1.03. The first-order chi connectivity index (χ1) is 8.40. The molecule has 0 bridgehead atoms. The summed E-state index contributed by atoms with van der Waals surface area (Å²) in [6, 6.07) is 5.32. The number of nitrogens with zero attached hydrogens (tertiary/aromatic N) is 2. The summed E-state index contributed by atoms with van der Waals surface area (Å²) in [5, 5.41) is 13.5. The first kappa shape index (κ1) is 12.2. The first-order valence-electron chi connectivity index (χ1n) is 5.57. The number of rotatable bonds is 2. The van der Waals surface area contributed by atoms with Gasteiger partial charge < -0.3 is 10.8 Å². The van der Waals surface area contributed by atoms with Crippen LogP contribution in [0.2, 0.25) is 0 Å². The molecule has 1 aromatic heterocycles. The van der Waals surface area contributed by atoms with Crippen molar-refractivity contribution in [2.24, 2.45) is 0 Å². The van der Waals surface area contributed by atoms with Gasteiger partial charge in [0.05, 0.1) is 16.9 Å². The van der Waals surface area contributed by atoms with Crippen LogP contribution in [0, 0.1) is 20.8 Å². The van der Waals surface area contributed by atoms with Gasteiger partial charge in [0.1, 0.15) is 0 Å². The molecule has 0 amide bonds. The van der Waals surface area contributed by atoms with Crippen LogP contribution in [0.3, 0.4) is 0 Å². The summed E-state index contributed by atoms with van der Waals surface area (Å²) in [7, 11) is 0. The minimum absolute atomic E-state index is 0.109. The maximum Gasteiger partial charge on any atom is 0.337 e. The van der Waals surface area contributed by atoms with E-state index in [2.05, 4.69) is 5.10 Å². The molecule has 5 heteroatoms. The molecular formula is C13H15N3O2. The molecule has 0 fully saturated rings. The van der Waals surface area contributed by atoms with Crippen molar-refractivity contribution in [3.8, 4) is 5.69 Å². The number of nitrogen functional groups attached to an aromatic ring is 1. The van der Waals surface area contributed by atoms with Gasteiger partial charge in [0.2, 0.25) is 0 Å². The van der Waals surface area contributed by atoms with E-state index in [-0.39, 0.29) is 5.56 Å². The summed E-state index contributed by atoms with van der Waals surface area (Å²) in [5.41, 5.74) is 9.46. The number of anilines is 1. The van der Waals surface area contributed by atoms with Crippen LogP contribution in [-0.4, -0.2) is 20.9 Å². The fraction of sp³-hybridized carbons (Fsp3) is 0.231. The van der Waals surface area contributed by atoms with Gasteiger partial charge >= 0.3 is 5.97 Å². The third-order valence-electron chi connectivity index (χ3n) is 2.86. The Morgan fingerprint density at radius 2 is 1.94 bits per heavy atom. The van der Waals surface area contributed by atoms with Gasteiger partial charge in [0.25, 0.3) is 0 Å². The monoisotopic (exact) mass is 245 g/mol. The normalized spacial score (nSPS) is 10.6. The number of aromatic carboxylic acids is 1. The molecule has 0 saturated heterocycles. The Bertz CT molecular complexity index is 629. The van der Waals surface area contributed by atoms with Crippen molar-refractivity contribution < 1.29 is 9.90 Å². The van der Waals surface area contributed by atoms with Gasteiger partial charge in [-0.15, -0.1) is 0 Å². The molecule has 2 aromatic rings. The number of carboxylic acids is 1. The molecule has 0 aliphatic heterocycles. The topological polar surface area (TPSA) is 81.1 Å². The number of carboxylic acid groups (broad SMARTS) is 1. The quantitative estimate of drug-likeness (QED) is 0.794. The Labute approximate surface area is 105 Å². The second-order valence-corrected chi connectivity index (χ2v) is 4.37. The van der Waals surface area contributed by atoms with Gasteiger partial charge in [-0.05, 0) is 44.5 Å². The van der Waals surface area contributed by atoms with Crippen LogP contribution in [0.1, 0.15) is 27.3 Å². The largest absolute Gasteiger partial charge is 0.478 e. The Balaban J connectivity index is 2.66. The maximum absolute atomic E-state index is 11.1. The average molecular weight is 245 g/mol. The molecule has 0 aliphatic rings. The van der Waals surface area contributed by atoms with Crippen LogP contribution in [0.5, 0.6) is 0 Å². The van der Waals surface area contributed by atoms with Gasteiger partial charge in [-0.1, -0.05) is 0 Å². The molecule has 1 heterocycles. The Morgan fingerprint density at radius 3 is 2.44 bits per heavy atom. The highest BCUT2D eigenvalue weighted by atomic mass is 16.4. The Morgan fingerprint density at radius 1 is 1.28 bits per heavy atom. The SMILES string of the molecule is Cc1cc(C)n(-c2cc(C)c(N)c(C(=O)O)c2)n1. The van der Waals surface area contributed by atoms with Crippen molar-refractivity contribution in [2.45, 2.75) is 20.8 Å². The van der Waals surface area contributed by atoms with E-state index < -0.39 is 5.97 Å². The summed E-state index contributed by atoms with van der Waals surface area (Å²) in [6.45, 7) is 5.61. The van der Waals surface area contributed by atoms with E-state index in [0.717, 1.165) is 17.0 Å². The van der Waals surface area contributed by atoms with Crippen molar-refractivity contribution >= 4 is 11.7 Å². The predicted molar refractivity (Wildman–Crippen MR) is 69.1 cm³/mol. The molecule has 0 unspecified atom stereocenters. The van der Waals surface area contributed by atoms with Crippen LogP contribution < -0.4 is 5.73 Å². The summed E-state index contributed by atoms with van der Waals surface area (Å²) in [6.07, 6.45) is 0. The number of aromatic nitrogens is 2. The van der Waals surface area contributed by atoms with Crippen molar-refractivity contribution in [3.05, 3.63) is 40.7 Å². The molecule has 0 saturated carbocycles. The van der Waals surface area contributed by atoms with Crippen LogP contribution in [0.25, 0.3) is 5.69 Å². The van der Waals surface area contributed by atoms with E-state index >= 15 is 0 Å². The second-order valence-electron chi connectivity index (χ2n) is 4.37. The molecule has 1 aromatic carbocycles. The number of hydrogen-bond acceptors (Lipinski definition) is 3. The van der Waals surface area contributed by atoms with Crippen LogP contribution in [-0.2, 0) is 0 Å². The standard InChI is InChI=1S/C13H15N3O2/c1-7-4-10(6-11(12(7)14)13(17)18)16-9(3)5-8(2)15-16/h4-6H,14H2,1-3H3,(H,17,18). The summed E-state index contributed by atoms with van der Waals surface area (Å²) in [5.74, 6) is -1.03. The zero-order valence-electron chi connectivity index (χ0n) is 10.6. The Kier molecular flexibility index (Phi) is 2.82. The van der Waals surface area contributed by atoms with E-state index in [9.17, 15) is 4.79 Å². The number of aryl methyl sites for hydroxylation is 3. The van der Waals surface area contributed by atoms with Gasteiger partial charge in [-0.2, -0.15) is 5.10 Å². The lowest BCUT2D eigenvalue weighted by Crippen LogP contribution is -2.08. The summed E-state index contributed by atoms with van der Waals surface area (Å²) in [4.78, 5) is 11.1. The number of nitrogens with two attached hydrogens (primary N) is 1. The van der Waals surface area contributed by atoms with E-state index in [4.69, 9.17) is 10.8 Å². The number of benzene rings is 1. The predicted octanol–water partition coefficient (Wildman–Crippen LogP) is 2.08.